The fourth-order valence-electron chi connectivity index (χ4n) is 1.80. The number of aliphatic hydroxyl groups excluding tert-OH is 1. The molecule has 3 nitrogen and oxygen atoms in total. The molecule has 0 amide bonds. The minimum Gasteiger partial charge on any atom is -0.392 e. The zero-order valence-corrected chi connectivity index (χ0v) is 7.41. The number of hydrogen-bond acceptors (Lipinski definition) is 3. The van der Waals surface area contributed by atoms with E-state index in [1.807, 2.05) is 0 Å². The molecule has 2 heterocycles. The maximum Gasteiger partial charge on any atom is 0.0822 e. The SMILES string of the molecule is OC1CCCN(CCC2CO2)C1. The Kier molecular flexibility index (Phi) is 2.63. The average Bonchev–Trinajstić information content (AvgIpc) is 2.84. The van der Waals surface area contributed by atoms with E-state index in [4.69, 9.17) is 4.74 Å². The highest BCUT2D eigenvalue weighted by Gasteiger charge is 2.24. The summed E-state index contributed by atoms with van der Waals surface area (Å²) in [6, 6.07) is 0. The molecule has 0 radical (unpaired) electrons. The first kappa shape index (κ1) is 8.48. The normalized spacial score (nSPS) is 36.8. The third-order valence-electron chi connectivity index (χ3n) is 2.65. The lowest BCUT2D eigenvalue weighted by Gasteiger charge is -2.29. The monoisotopic (exact) mass is 171 g/mol. The molecular formula is C9H17NO2. The van der Waals surface area contributed by atoms with E-state index in [2.05, 4.69) is 4.90 Å². The zero-order chi connectivity index (χ0) is 8.39. The van der Waals surface area contributed by atoms with Crippen molar-refractivity contribution in [3.8, 4) is 0 Å². The van der Waals surface area contributed by atoms with Crippen LogP contribution in [-0.2, 0) is 4.74 Å². The van der Waals surface area contributed by atoms with Gasteiger partial charge < -0.3 is 14.7 Å². The summed E-state index contributed by atoms with van der Waals surface area (Å²) in [5.41, 5.74) is 0. The van der Waals surface area contributed by atoms with Crippen LogP contribution >= 0.6 is 0 Å². The van der Waals surface area contributed by atoms with Crippen molar-refractivity contribution in [2.45, 2.75) is 31.5 Å². The summed E-state index contributed by atoms with van der Waals surface area (Å²) in [4.78, 5) is 2.34. The minimum absolute atomic E-state index is 0.0844. The first-order valence-electron chi connectivity index (χ1n) is 4.86. The molecule has 2 unspecified atom stereocenters. The van der Waals surface area contributed by atoms with Crippen LogP contribution in [0.25, 0.3) is 0 Å². The summed E-state index contributed by atoms with van der Waals surface area (Å²) in [5, 5.41) is 9.39. The van der Waals surface area contributed by atoms with E-state index < -0.39 is 0 Å². The first-order valence-corrected chi connectivity index (χ1v) is 4.86. The lowest BCUT2D eigenvalue weighted by atomic mass is 10.1. The molecule has 0 spiro atoms. The van der Waals surface area contributed by atoms with Gasteiger partial charge in [-0.3, -0.25) is 0 Å². The Morgan fingerprint density at radius 1 is 1.50 bits per heavy atom. The number of rotatable bonds is 3. The lowest BCUT2D eigenvalue weighted by molar-refractivity contribution is 0.0690. The minimum atomic E-state index is -0.0844. The van der Waals surface area contributed by atoms with Gasteiger partial charge in [-0.05, 0) is 25.8 Å². The number of ether oxygens (including phenoxy) is 1. The van der Waals surface area contributed by atoms with Crippen molar-refractivity contribution in [3.05, 3.63) is 0 Å². The van der Waals surface area contributed by atoms with E-state index in [0.29, 0.717) is 6.10 Å². The Labute approximate surface area is 73.3 Å². The van der Waals surface area contributed by atoms with Gasteiger partial charge in [-0.25, -0.2) is 0 Å². The number of epoxide rings is 1. The van der Waals surface area contributed by atoms with Crippen LogP contribution < -0.4 is 0 Å². The van der Waals surface area contributed by atoms with E-state index in [0.717, 1.165) is 45.5 Å². The Balaban J connectivity index is 1.64. The van der Waals surface area contributed by atoms with Crippen LogP contribution in [-0.4, -0.2) is 48.5 Å². The Morgan fingerprint density at radius 3 is 3.00 bits per heavy atom. The summed E-state index contributed by atoms with van der Waals surface area (Å²) < 4.78 is 5.14. The molecule has 2 atom stereocenters. The molecule has 0 aromatic rings. The zero-order valence-electron chi connectivity index (χ0n) is 7.41. The van der Waals surface area contributed by atoms with Crippen molar-refractivity contribution < 1.29 is 9.84 Å². The quantitative estimate of drug-likeness (QED) is 0.618. The van der Waals surface area contributed by atoms with Crippen molar-refractivity contribution in [3.63, 3.8) is 0 Å². The molecule has 0 bridgehead atoms. The smallest absolute Gasteiger partial charge is 0.0822 e. The van der Waals surface area contributed by atoms with E-state index in [-0.39, 0.29) is 6.10 Å². The Hall–Kier alpha value is -0.120. The molecule has 0 aromatic heterocycles. The van der Waals surface area contributed by atoms with Gasteiger partial charge in [0.05, 0.1) is 18.8 Å². The van der Waals surface area contributed by atoms with Crippen LogP contribution in [0.15, 0.2) is 0 Å². The highest BCUT2D eigenvalue weighted by molar-refractivity contribution is 4.75. The first-order chi connectivity index (χ1) is 5.84. The second-order valence-electron chi connectivity index (χ2n) is 3.84. The second-order valence-corrected chi connectivity index (χ2v) is 3.84. The van der Waals surface area contributed by atoms with Crippen molar-refractivity contribution >= 4 is 0 Å². The van der Waals surface area contributed by atoms with Crippen molar-refractivity contribution in [2.24, 2.45) is 0 Å². The maximum absolute atomic E-state index is 9.39. The molecule has 3 heteroatoms. The van der Waals surface area contributed by atoms with Gasteiger partial charge in [0.1, 0.15) is 0 Å². The summed E-state index contributed by atoms with van der Waals surface area (Å²) >= 11 is 0. The van der Waals surface area contributed by atoms with Gasteiger partial charge in [-0.2, -0.15) is 0 Å². The highest BCUT2D eigenvalue weighted by Crippen LogP contribution is 2.16. The molecule has 1 N–H and O–H groups in total. The Morgan fingerprint density at radius 2 is 2.33 bits per heavy atom. The molecule has 2 saturated heterocycles. The standard InChI is InChI=1S/C9H17NO2/c11-8-2-1-4-10(6-8)5-3-9-7-12-9/h8-9,11H,1-7H2. The third kappa shape index (κ3) is 2.44. The van der Waals surface area contributed by atoms with Gasteiger partial charge >= 0.3 is 0 Å². The summed E-state index contributed by atoms with van der Waals surface area (Å²) in [6.45, 7) is 4.08. The van der Waals surface area contributed by atoms with Crippen LogP contribution in [0.2, 0.25) is 0 Å². The van der Waals surface area contributed by atoms with Crippen LogP contribution in [0.3, 0.4) is 0 Å². The summed E-state index contributed by atoms with van der Waals surface area (Å²) in [5.74, 6) is 0. The molecule has 0 saturated carbocycles. The fourth-order valence-corrected chi connectivity index (χ4v) is 1.80. The van der Waals surface area contributed by atoms with Crippen molar-refractivity contribution in [1.29, 1.82) is 0 Å². The number of piperidine rings is 1. The van der Waals surface area contributed by atoms with Gasteiger partial charge in [0.2, 0.25) is 0 Å². The Bertz CT molecular complexity index is 147. The predicted molar refractivity (Wildman–Crippen MR) is 46.0 cm³/mol. The molecule has 0 aromatic carbocycles. The summed E-state index contributed by atoms with van der Waals surface area (Å²) in [7, 11) is 0. The third-order valence-corrected chi connectivity index (χ3v) is 2.65. The lowest BCUT2D eigenvalue weighted by Crippen LogP contribution is -2.39. The van der Waals surface area contributed by atoms with Crippen LogP contribution in [0.5, 0.6) is 0 Å². The molecular weight excluding hydrogens is 154 g/mol. The topological polar surface area (TPSA) is 36.0 Å². The van der Waals surface area contributed by atoms with E-state index >= 15 is 0 Å². The van der Waals surface area contributed by atoms with Gasteiger partial charge in [-0.1, -0.05) is 0 Å². The average molecular weight is 171 g/mol. The number of nitrogens with zero attached hydrogens (tertiary/aromatic N) is 1. The van der Waals surface area contributed by atoms with Crippen LogP contribution in [0.1, 0.15) is 19.3 Å². The molecule has 2 aliphatic heterocycles. The van der Waals surface area contributed by atoms with Crippen molar-refractivity contribution in [1.82, 2.24) is 4.90 Å². The van der Waals surface area contributed by atoms with Crippen molar-refractivity contribution in [2.75, 3.05) is 26.2 Å². The number of β-amino-alcohol motifs (C(OH)–C–C–N with tert-alkyl or cyclic N) is 1. The number of hydrogen-bond donors (Lipinski definition) is 1. The van der Waals surface area contributed by atoms with E-state index in [1.165, 1.54) is 0 Å². The van der Waals surface area contributed by atoms with Gasteiger partial charge in [0, 0.05) is 13.1 Å². The van der Waals surface area contributed by atoms with E-state index in [9.17, 15) is 5.11 Å². The molecule has 12 heavy (non-hydrogen) atoms. The summed E-state index contributed by atoms with van der Waals surface area (Å²) in [6.07, 6.45) is 3.72. The second kappa shape index (κ2) is 3.73. The molecule has 2 fully saturated rings. The maximum atomic E-state index is 9.39. The predicted octanol–water partition coefficient (Wildman–Crippen LogP) is 0.232. The van der Waals surface area contributed by atoms with Gasteiger partial charge in [-0.15, -0.1) is 0 Å². The number of likely N-dealkylation sites (tertiary alicyclic amines) is 1. The number of aliphatic hydroxyl groups is 1. The van der Waals surface area contributed by atoms with Crippen LogP contribution in [0, 0.1) is 0 Å². The molecule has 70 valence electrons. The molecule has 2 rings (SSSR count). The van der Waals surface area contributed by atoms with Gasteiger partial charge in [0.25, 0.3) is 0 Å². The highest BCUT2D eigenvalue weighted by atomic mass is 16.6. The molecule has 2 aliphatic rings. The fraction of sp³-hybridized carbons (Fsp3) is 1.00. The van der Waals surface area contributed by atoms with Gasteiger partial charge in [0.15, 0.2) is 0 Å². The van der Waals surface area contributed by atoms with E-state index in [1.54, 1.807) is 0 Å². The molecule has 0 aliphatic carbocycles. The van der Waals surface area contributed by atoms with Crippen LogP contribution in [0.4, 0.5) is 0 Å². The largest absolute Gasteiger partial charge is 0.392 e.